The molecular weight excluding hydrogens is 190 g/mol. The molecule has 4 nitrogen and oxygen atoms in total. The smallest absolute Gasteiger partial charge is 0.235 e. The van der Waals surface area contributed by atoms with Crippen LogP contribution >= 0.6 is 0 Å². The second-order valence-electron chi connectivity index (χ2n) is 4.63. The van der Waals surface area contributed by atoms with E-state index in [4.69, 9.17) is 11.5 Å². The second-order valence-corrected chi connectivity index (χ2v) is 4.63. The van der Waals surface area contributed by atoms with Crippen LogP contribution in [0.4, 0.5) is 0 Å². The molecule has 5 N–H and O–H groups in total. The van der Waals surface area contributed by atoms with E-state index >= 15 is 0 Å². The third-order valence-corrected chi connectivity index (χ3v) is 3.72. The van der Waals surface area contributed by atoms with E-state index in [0.29, 0.717) is 18.5 Å². The number of primary amides is 1. The van der Waals surface area contributed by atoms with Gasteiger partial charge in [0.2, 0.25) is 5.91 Å². The Hall–Kier alpha value is -0.610. The number of carbonyl (C=O) groups is 1. The number of hydrogen-bond donors (Lipinski definition) is 3. The first-order valence-electron chi connectivity index (χ1n) is 5.84. The lowest BCUT2D eigenvalue weighted by molar-refractivity contribution is -0.119. The number of hydrogen-bond acceptors (Lipinski definition) is 3. The number of rotatable bonds is 5. The molecule has 15 heavy (non-hydrogen) atoms. The summed E-state index contributed by atoms with van der Waals surface area (Å²) in [7, 11) is 0. The van der Waals surface area contributed by atoms with Crippen LogP contribution in [0.1, 0.15) is 33.1 Å². The van der Waals surface area contributed by atoms with Crippen LogP contribution in [0.5, 0.6) is 0 Å². The van der Waals surface area contributed by atoms with Gasteiger partial charge in [-0.3, -0.25) is 4.79 Å². The minimum atomic E-state index is -0.558. The Morgan fingerprint density at radius 3 is 2.67 bits per heavy atom. The van der Waals surface area contributed by atoms with Crippen molar-refractivity contribution in [3.8, 4) is 0 Å². The average Bonchev–Trinajstić information content (AvgIpc) is 2.55. The first-order chi connectivity index (χ1) is 7.06. The largest absolute Gasteiger partial charge is 0.368 e. The molecule has 4 atom stereocenters. The highest BCUT2D eigenvalue weighted by Crippen LogP contribution is 2.33. The zero-order valence-electron chi connectivity index (χ0n) is 9.70. The third kappa shape index (κ3) is 3.18. The molecule has 1 aliphatic rings. The number of nitrogens with two attached hydrogens (primary N) is 2. The van der Waals surface area contributed by atoms with Gasteiger partial charge in [-0.15, -0.1) is 0 Å². The Labute approximate surface area is 91.8 Å². The van der Waals surface area contributed by atoms with E-state index in [9.17, 15) is 4.79 Å². The average molecular weight is 213 g/mol. The number of carbonyl (C=O) groups excluding carboxylic acids is 1. The van der Waals surface area contributed by atoms with E-state index in [1.165, 1.54) is 19.3 Å². The predicted octanol–water partition coefficient (Wildman–Crippen LogP) is 0.213. The summed E-state index contributed by atoms with van der Waals surface area (Å²) in [6.07, 6.45) is 3.70. The van der Waals surface area contributed by atoms with Gasteiger partial charge >= 0.3 is 0 Å². The molecule has 0 saturated heterocycles. The van der Waals surface area contributed by atoms with E-state index in [-0.39, 0.29) is 0 Å². The summed E-state index contributed by atoms with van der Waals surface area (Å²) >= 11 is 0. The fourth-order valence-corrected chi connectivity index (χ4v) is 2.49. The quantitative estimate of drug-likeness (QED) is 0.611. The second kappa shape index (κ2) is 5.47. The molecule has 1 saturated carbocycles. The van der Waals surface area contributed by atoms with Gasteiger partial charge in [0, 0.05) is 12.6 Å². The fraction of sp³-hybridized carbons (Fsp3) is 0.909. The van der Waals surface area contributed by atoms with E-state index in [2.05, 4.69) is 19.2 Å². The van der Waals surface area contributed by atoms with E-state index in [0.717, 1.165) is 5.92 Å². The molecule has 0 aromatic carbocycles. The van der Waals surface area contributed by atoms with Gasteiger partial charge in [-0.2, -0.15) is 0 Å². The zero-order chi connectivity index (χ0) is 11.4. The van der Waals surface area contributed by atoms with Crippen LogP contribution in [0.3, 0.4) is 0 Å². The van der Waals surface area contributed by atoms with Crippen LogP contribution in [0.15, 0.2) is 0 Å². The van der Waals surface area contributed by atoms with Gasteiger partial charge in [-0.05, 0) is 24.7 Å². The molecule has 0 bridgehead atoms. The molecule has 1 rings (SSSR count). The molecule has 1 aliphatic carbocycles. The highest BCUT2D eigenvalue weighted by Gasteiger charge is 2.31. The third-order valence-electron chi connectivity index (χ3n) is 3.72. The van der Waals surface area contributed by atoms with Crippen molar-refractivity contribution in [2.75, 3.05) is 6.54 Å². The zero-order valence-corrected chi connectivity index (χ0v) is 9.70. The standard InChI is InChI=1S/C11H23N3O/c1-3-8-4-5-10(7(8)2)14-6-9(12)11(13)15/h7-10,14H,3-6,12H2,1-2H3,(H2,13,15). The van der Waals surface area contributed by atoms with Crippen LogP contribution in [-0.4, -0.2) is 24.5 Å². The molecule has 1 amide bonds. The highest BCUT2D eigenvalue weighted by molar-refractivity contribution is 5.79. The van der Waals surface area contributed by atoms with Crippen molar-refractivity contribution in [2.45, 2.75) is 45.2 Å². The Morgan fingerprint density at radius 1 is 1.53 bits per heavy atom. The lowest BCUT2D eigenvalue weighted by Gasteiger charge is -2.22. The van der Waals surface area contributed by atoms with Crippen molar-refractivity contribution in [2.24, 2.45) is 23.3 Å². The van der Waals surface area contributed by atoms with Crippen molar-refractivity contribution in [1.82, 2.24) is 5.32 Å². The molecule has 1 fully saturated rings. The summed E-state index contributed by atoms with van der Waals surface area (Å²) in [4.78, 5) is 10.8. The lowest BCUT2D eigenvalue weighted by atomic mass is 9.93. The first kappa shape index (κ1) is 12.5. The van der Waals surface area contributed by atoms with Gasteiger partial charge < -0.3 is 16.8 Å². The molecule has 0 spiro atoms. The van der Waals surface area contributed by atoms with E-state index in [1.54, 1.807) is 0 Å². The number of amides is 1. The summed E-state index contributed by atoms with van der Waals surface area (Å²) in [5, 5.41) is 3.35. The predicted molar refractivity (Wildman–Crippen MR) is 61.1 cm³/mol. The Balaban J connectivity index is 2.31. The maximum Gasteiger partial charge on any atom is 0.235 e. The summed E-state index contributed by atoms with van der Waals surface area (Å²) in [6, 6.07) is -0.0572. The Kier molecular flexibility index (Phi) is 4.54. The number of nitrogens with one attached hydrogen (secondary N) is 1. The molecule has 0 aromatic heterocycles. The summed E-state index contributed by atoms with van der Waals surface area (Å²) < 4.78 is 0. The molecule has 4 unspecified atom stereocenters. The molecular formula is C11H23N3O. The first-order valence-corrected chi connectivity index (χ1v) is 5.84. The lowest BCUT2D eigenvalue weighted by Crippen LogP contribution is -2.47. The molecule has 0 aromatic rings. The van der Waals surface area contributed by atoms with Gasteiger partial charge in [0.1, 0.15) is 0 Å². The van der Waals surface area contributed by atoms with Gasteiger partial charge in [0.25, 0.3) is 0 Å². The molecule has 0 aliphatic heterocycles. The maximum atomic E-state index is 10.8. The Morgan fingerprint density at radius 2 is 2.20 bits per heavy atom. The maximum absolute atomic E-state index is 10.8. The van der Waals surface area contributed by atoms with Crippen molar-refractivity contribution < 1.29 is 4.79 Å². The summed E-state index contributed by atoms with van der Waals surface area (Å²) in [5.74, 6) is 1.06. The van der Waals surface area contributed by atoms with E-state index in [1.807, 2.05) is 0 Å². The van der Waals surface area contributed by atoms with Gasteiger partial charge in [0.05, 0.1) is 6.04 Å². The van der Waals surface area contributed by atoms with Crippen molar-refractivity contribution >= 4 is 5.91 Å². The van der Waals surface area contributed by atoms with E-state index < -0.39 is 11.9 Å². The van der Waals surface area contributed by atoms with Crippen LogP contribution in [0.25, 0.3) is 0 Å². The van der Waals surface area contributed by atoms with Gasteiger partial charge in [-0.25, -0.2) is 0 Å². The summed E-state index contributed by atoms with van der Waals surface area (Å²) in [6.45, 7) is 5.01. The minimum Gasteiger partial charge on any atom is -0.368 e. The fourth-order valence-electron chi connectivity index (χ4n) is 2.49. The van der Waals surface area contributed by atoms with Crippen molar-refractivity contribution in [3.05, 3.63) is 0 Å². The van der Waals surface area contributed by atoms with Gasteiger partial charge in [-0.1, -0.05) is 20.3 Å². The Bertz CT molecular complexity index is 220. The summed E-state index contributed by atoms with van der Waals surface area (Å²) in [5.41, 5.74) is 10.7. The van der Waals surface area contributed by atoms with Gasteiger partial charge in [0.15, 0.2) is 0 Å². The SMILES string of the molecule is CCC1CCC(NCC(N)C(N)=O)C1C. The topological polar surface area (TPSA) is 81.1 Å². The molecule has 4 heteroatoms. The van der Waals surface area contributed by atoms with Crippen LogP contribution in [-0.2, 0) is 4.79 Å². The monoisotopic (exact) mass is 213 g/mol. The van der Waals surface area contributed by atoms with Crippen molar-refractivity contribution in [1.29, 1.82) is 0 Å². The highest BCUT2D eigenvalue weighted by atomic mass is 16.1. The van der Waals surface area contributed by atoms with Crippen LogP contribution in [0.2, 0.25) is 0 Å². The minimum absolute atomic E-state index is 0.430. The van der Waals surface area contributed by atoms with Crippen LogP contribution < -0.4 is 16.8 Å². The van der Waals surface area contributed by atoms with Crippen LogP contribution in [0, 0.1) is 11.8 Å². The normalized spacial score (nSPS) is 32.9. The molecule has 88 valence electrons. The molecule has 0 heterocycles. The van der Waals surface area contributed by atoms with Crippen molar-refractivity contribution in [3.63, 3.8) is 0 Å². The molecule has 0 radical (unpaired) electrons.